The van der Waals surface area contributed by atoms with Crippen LogP contribution in [0.5, 0.6) is 5.75 Å². The Bertz CT molecular complexity index is 789. The molecule has 1 spiro atoms. The molecule has 7 nitrogen and oxygen atoms in total. The van der Waals surface area contributed by atoms with Crippen molar-refractivity contribution in [1.29, 1.82) is 0 Å². The predicted molar refractivity (Wildman–Crippen MR) is 105 cm³/mol. The highest BCUT2D eigenvalue weighted by Crippen LogP contribution is 2.32. The van der Waals surface area contributed by atoms with Crippen molar-refractivity contribution in [2.75, 3.05) is 38.3 Å². The van der Waals surface area contributed by atoms with Crippen molar-refractivity contribution in [3.8, 4) is 5.75 Å². The molecule has 2 aliphatic rings. The molecule has 2 aromatic rings. The minimum Gasteiger partial charge on any atom is -0.494 e. The summed E-state index contributed by atoms with van der Waals surface area (Å²) in [7, 11) is 1.61. The van der Waals surface area contributed by atoms with E-state index in [4.69, 9.17) is 9.47 Å². The first-order chi connectivity index (χ1) is 13.7. The van der Waals surface area contributed by atoms with Crippen LogP contribution < -0.4 is 9.64 Å². The van der Waals surface area contributed by atoms with Gasteiger partial charge in [-0.2, -0.15) is 0 Å². The Labute approximate surface area is 165 Å². The van der Waals surface area contributed by atoms with Crippen molar-refractivity contribution in [3.63, 3.8) is 0 Å². The zero-order chi connectivity index (χ0) is 19.4. The van der Waals surface area contributed by atoms with Crippen molar-refractivity contribution >= 4 is 11.9 Å². The van der Waals surface area contributed by atoms with Crippen molar-refractivity contribution in [3.05, 3.63) is 48.3 Å². The fourth-order valence-corrected chi connectivity index (χ4v) is 3.94. The number of methoxy groups -OCH3 is 1. The molecule has 28 heavy (non-hydrogen) atoms. The molecule has 1 aromatic carbocycles. The SMILES string of the molecule is COc1cnc(N2CCC3(CC2)CN(Cc2ccccc2)C(=O)CCO3)nc1. The van der Waals surface area contributed by atoms with Crippen LogP contribution in [0.4, 0.5) is 5.95 Å². The Morgan fingerprint density at radius 2 is 1.86 bits per heavy atom. The molecule has 1 aromatic heterocycles. The van der Waals surface area contributed by atoms with Crippen LogP contribution >= 0.6 is 0 Å². The topological polar surface area (TPSA) is 67.8 Å². The minimum absolute atomic E-state index is 0.168. The van der Waals surface area contributed by atoms with Gasteiger partial charge < -0.3 is 19.3 Å². The van der Waals surface area contributed by atoms with E-state index in [1.165, 1.54) is 0 Å². The second-order valence-corrected chi connectivity index (χ2v) is 7.43. The largest absolute Gasteiger partial charge is 0.494 e. The molecular formula is C21H26N4O3. The Hall–Kier alpha value is -2.67. The fraction of sp³-hybridized carbons (Fsp3) is 0.476. The lowest BCUT2D eigenvalue weighted by Gasteiger charge is -2.42. The van der Waals surface area contributed by atoms with E-state index < -0.39 is 0 Å². The number of piperidine rings is 1. The summed E-state index contributed by atoms with van der Waals surface area (Å²) in [5.41, 5.74) is 0.862. The molecule has 0 unspecified atom stereocenters. The lowest BCUT2D eigenvalue weighted by Crippen LogP contribution is -2.52. The number of carbonyl (C=O) groups is 1. The standard InChI is InChI=1S/C21H26N4O3/c1-27-18-13-22-20(23-14-18)24-10-8-21(9-11-24)16-25(19(26)7-12-28-21)15-17-5-3-2-4-6-17/h2-6,13-14H,7-12,15-16H2,1H3. The van der Waals surface area contributed by atoms with Crippen LogP contribution in [0.25, 0.3) is 0 Å². The van der Waals surface area contributed by atoms with Gasteiger partial charge >= 0.3 is 0 Å². The lowest BCUT2D eigenvalue weighted by atomic mass is 9.90. The summed E-state index contributed by atoms with van der Waals surface area (Å²) in [5.74, 6) is 1.53. The fourth-order valence-electron chi connectivity index (χ4n) is 3.94. The summed E-state index contributed by atoms with van der Waals surface area (Å²) in [6.07, 6.45) is 5.52. The van der Waals surface area contributed by atoms with Crippen LogP contribution in [-0.2, 0) is 16.1 Å². The molecule has 0 aliphatic carbocycles. The summed E-state index contributed by atoms with van der Waals surface area (Å²) >= 11 is 0. The molecular weight excluding hydrogens is 356 g/mol. The van der Waals surface area contributed by atoms with Crippen LogP contribution in [0.3, 0.4) is 0 Å². The van der Waals surface area contributed by atoms with Crippen LogP contribution in [-0.4, -0.2) is 59.7 Å². The van der Waals surface area contributed by atoms with Gasteiger partial charge in [0, 0.05) is 19.6 Å². The van der Waals surface area contributed by atoms with Crippen molar-refractivity contribution in [1.82, 2.24) is 14.9 Å². The Morgan fingerprint density at radius 3 is 2.54 bits per heavy atom. The first-order valence-electron chi connectivity index (χ1n) is 9.74. The number of amides is 1. The number of carbonyl (C=O) groups excluding carboxylic acids is 1. The van der Waals surface area contributed by atoms with Crippen LogP contribution in [0.1, 0.15) is 24.8 Å². The van der Waals surface area contributed by atoms with Gasteiger partial charge in [-0.1, -0.05) is 30.3 Å². The minimum atomic E-state index is -0.288. The highest BCUT2D eigenvalue weighted by molar-refractivity contribution is 5.76. The van der Waals surface area contributed by atoms with E-state index in [1.54, 1.807) is 19.5 Å². The van der Waals surface area contributed by atoms with Gasteiger partial charge in [-0.15, -0.1) is 0 Å². The number of benzene rings is 1. The number of rotatable bonds is 4. The molecule has 1 amide bonds. The predicted octanol–water partition coefficient (Wildman–Crippen LogP) is 2.27. The molecule has 0 bridgehead atoms. The molecule has 0 saturated carbocycles. The third-order valence-corrected chi connectivity index (χ3v) is 5.58. The van der Waals surface area contributed by atoms with Gasteiger partial charge in [-0.05, 0) is 18.4 Å². The van der Waals surface area contributed by atoms with Gasteiger partial charge in [0.1, 0.15) is 0 Å². The summed E-state index contributed by atoms with van der Waals surface area (Å²) in [4.78, 5) is 25.5. The van der Waals surface area contributed by atoms with Crippen LogP contribution in [0.15, 0.2) is 42.7 Å². The van der Waals surface area contributed by atoms with Gasteiger partial charge in [0.2, 0.25) is 11.9 Å². The van der Waals surface area contributed by atoms with Gasteiger partial charge in [-0.3, -0.25) is 4.79 Å². The lowest BCUT2D eigenvalue weighted by molar-refractivity contribution is -0.132. The Morgan fingerprint density at radius 1 is 1.14 bits per heavy atom. The van der Waals surface area contributed by atoms with E-state index in [0.29, 0.717) is 37.8 Å². The first kappa shape index (κ1) is 18.7. The quantitative estimate of drug-likeness (QED) is 0.808. The van der Waals surface area contributed by atoms with Crippen molar-refractivity contribution < 1.29 is 14.3 Å². The number of nitrogens with zero attached hydrogens (tertiary/aromatic N) is 4. The highest BCUT2D eigenvalue weighted by Gasteiger charge is 2.40. The average Bonchev–Trinajstić information content (AvgIpc) is 2.88. The molecule has 7 heteroatoms. The van der Waals surface area contributed by atoms with Crippen molar-refractivity contribution in [2.24, 2.45) is 0 Å². The normalized spacial score (nSPS) is 19.5. The molecule has 2 aliphatic heterocycles. The molecule has 148 valence electrons. The number of hydrogen-bond donors (Lipinski definition) is 0. The zero-order valence-corrected chi connectivity index (χ0v) is 16.2. The summed E-state index contributed by atoms with van der Waals surface area (Å²) < 4.78 is 11.4. The summed E-state index contributed by atoms with van der Waals surface area (Å²) in [5, 5.41) is 0. The third-order valence-electron chi connectivity index (χ3n) is 5.58. The maximum atomic E-state index is 12.6. The molecule has 0 radical (unpaired) electrons. The number of aromatic nitrogens is 2. The van der Waals surface area contributed by atoms with Crippen LogP contribution in [0, 0.1) is 0 Å². The van der Waals surface area contributed by atoms with Gasteiger partial charge in [-0.25, -0.2) is 9.97 Å². The van der Waals surface area contributed by atoms with E-state index in [1.807, 2.05) is 23.1 Å². The molecule has 2 fully saturated rings. The summed E-state index contributed by atoms with van der Waals surface area (Å²) in [6.45, 7) is 3.37. The van der Waals surface area contributed by atoms with E-state index in [-0.39, 0.29) is 11.5 Å². The number of hydrogen-bond acceptors (Lipinski definition) is 6. The van der Waals surface area contributed by atoms with E-state index in [0.717, 1.165) is 31.5 Å². The smallest absolute Gasteiger partial charge is 0.225 e. The van der Waals surface area contributed by atoms with Gasteiger partial charge in [0.25, 0.3) is 0 Å². The van der Waals surface area contributed by atoms with Crippen molar-refractivity contribution in [2.45, 2.75) is 31.4 Å². The van der Waals surface area contributed by atoms with Gasteiger partial charge in [0.15, 0.2) is 5.75 Å². The third kappa shape index (κ3) is 4.09. The Kier molecular flexibility index (Phi) is 5.43. The Balaban J connectivity index is 1.43. The zero-order valence-electron chi connectivity index (χ0n) is 16.2. The maximum Gasteiger partial charge on any atom is 0.225 e. The van der Waals surface area contributed by atoms with E-state index in [9.17, 15) is 4.79 Å². The monoisotopic (exact) mass is 382 g/mol. The number of ether oxygens (including phenoxy) is 2. The average molecular weight is 382 g/mol. The second-order valence-electron chi connectivity index (χ2n) is 7.43. The molecule has 4 rings (SSSR count). The molecule has 2 saturated heterocycles. The van der Waals surface area contributed by atoms with Gasteiger partial charge in [0.05, 0.1) is 44.7 Å². The summed E-state index contributed by atoms with van der Waals surface area (Å²) in [6, 6.07) is 10.1. The molecule has 3 heterocycles. The second kappa shape index (κ2) is 8.14. The number of anilines is 1. The van der Waals surface area contributed by atoms with E-state index in [2.05, 4.69) is 27.0 Å². The molecule has 0 atom stereocenters. The van der Waals surface area contributed by atoms with E-state index >= 15 is 0 Å². The highest BCUT2D eigenvalue weighted by atomic mass is 16.5. The maximum absolute atomic E-state index is 12.6. The molecule has 0 N–H and O–H groups in total. The van der Waals surface area contributed by atoms with Crippen LogP contribution in [0.2, 0.25) is 0 Å². The first-order valence-corrected chi connectivity index (χ1v) is 9.74.